The van der Waals surface area contributed by atoms with Crippen molar-refractivity contribution in [3.63, 3.8) is 0 Å². The van der Waals surface area contributed by atoms with Crippen LogP contribution in [0.2, 0.25) is 0 Å². The van der Waals surface area contributed by atoms with E-state index in [0.717, 1.165) is 38.9 Å². The molecule has 0 bridgehead atoms. The van der Waals surface area contributed by atoms with Gasteiger partial charge in [0.2, 0.25) is 0 Å². The predicted octanol–water partition coefficient (Wildman–Crippen LogP) is 7.22. The van der Waals surface area contributed by atoms with Gasteiger partial charge in [0.05, 0.1) is 24.4 Å². The van der Waals surface area contributed by atoms with E-state index in [0.29, 0.717) is 6.61 Å². The average molecular weight is 438 g/mol. The Balaban J connectivity index is 2.09. The number of esters is 1. The van der Waals surface area contributed by atoms with Crippen LogP contribution >= 0.6 is 0 Å². The summed E-state index contributed by atoms with van der Waals surface area (Å²) in [6, 6.07) is 19.3. The van der Waals surface area contributed by atoms with Crippen molar-refractivity contribution >= 4 is 16.7 Å². The normalized spacial score (nSPS) is 11.1. The number of aryl methyl sites for hydroxylation is 5. The third-order valence-corrected chi connectivity index (χ3v) is 6.46. The molecule has 1 aromatic heterocycles. The average Bonchev–Trinajstić information content (AvgIpc) is 2.78. The van der Waals surface area contributed by atoms with Gasteiger partial charge in [-0.25, -0.2) is 4.98 Å². The van der Waals surface area contributed by atoms with Crippen LogP contribution in [0.3, 0.4) is 0 Å². The first-order chi connectivity index (χ1) is 15.8. The molecule has 0 aliphatic carbocycles. The van der Waals surface area contributed by atoms with Crippen molar-refractivity contribution in [1.29, 1.82) is 0 Å². The zero-order chi connectivity index (χ0) is 23.7. The Kier molecular flexibility index (Phi) is 6.33. The Hall–Kier alpha value is -3.46. The lowest BCUT2D eigenvalue weighted by Crippen LogP contribution is -2.10. The van der Waals surface area contributed by atoms with Crippen LogP contribution in [0.25, 0.3) is 33.3 Å². The second-order valence-electron chi connectivity index (χ2n) is 8.92. The van der Waals surface area contributed by atoms with Gasteiger partial charge in [-0.1, -0.05) is 48.0 Å². The smallest absolute Gasteiger partial charge is 0.310 e. The molecule has 168 valence electrons. The summed E-state index contributed by atoms with van der Waals surface area (Å²) in [5.41, 5.74) is 10.8. The maximum Gasteiger partial charge on any atom is 0.310 e. The number of carbonyl (C=O) groups excluding carboxylic acids is 1. The van der Waals surface area contributed by atoms with Crippen molar-refractivity contribution in [3.05, 3.63) is 88.0 Å². The maximum atomic E-state index is 12.7. The van der Waals surface area contributed by atoms with E-state index in [1.54, 1.807) is 0 Å². The van der Waals surface area contributed by atoms with E-state index in [1.807, 2.05) is 6.92 Å². The second kappa shape index (κ2) is 9.19. The molecule has 0 N–H and O–H groups in total. The zero-order valence-electron chi connectivity index (χ0n) is 20.4. The summed E-state index contributed by atoms with van der Waals surface area (Å²) in [6.45, 7) is 12.7. The molecule has 1 heterocycles. The van der Waals surface area contributed by atoms with Crippen LogP contribution in [0.5, 0.6) is 0 Å². The molecule has 3 nitrogen and oxygen atoms in total. The highest BCUT2D eigenvalue weighted by Crippen LogP contribution is 2.37. The number of rotatable bonds is 5. The fourth-order valence-electron chi connectivity index (χ4n) is 4.22. The Morgan fingerprint density at radius 2 is 1.33 bits per heavy atom. The molecule has 0 radical (unpaired) electrons. The monoisotopic (exact) mass is 437 g/mol. The molecule has 0 amide bonds. The molecule has 0 aliphatic rings. The number of aromatic nitrogens is 1. The fourth-order valence-corrected chi connectivity index (χ4v) is 4.22. The van der Waals surface area contributed by atoms with E-state index in [-0.39, 0.29) is 12.4 Å². The van der Waals surface area contributed by atoms with E-state index < -0.39 is 0 Å². The van der Waals surface area contributed by atoms with Crippen molar-refractivity contribution in [3.8, 4) is 22.5 Å². The summed E-state index contributed by atoms with van der Waals surface area (Å²) in [5.74, 6) is -0.230. The third kappa shape index (κ3) is 4.54. The topological polar surface area (TPSA) is 39.2 Å². The third-order valence-electron chi connectivity index (χ3n) is 6.46. The highest BCUT2D eigenvalue weighted by molar-refractivity contribution is 6.02. The van der Waals surface area contributed by atoms with Gasteiger partial charge in [0.15, 0.2) is 0 Å². The molecule has 0 atom stereocenters. The van der Waals surface area contributed by atoms with Gasteiger partial charge in [-0.05, 0) is 86.9 Å². The molecular formula is C30H31NO2. The van der Waals surface area contributed by atoms with Crippen LogP contribution in [0.4, 0.5) is 0 Å². The summed E-state index contributed by atoms with van der Waals surface area (Å²) in [6.07, 6.45) is 0.191. The Morgan fingerprint density at radius 3 is 1.97 bits per heavy atom. The van der Waals surface area contributed by atoms with Crippen LogP contribution in [0.15, 0.2) is 54.6 Å². The lowest BCUT2D eigenvalue weighted by atomic mass is 9.90. The Bertz CT molecular complexity index is 1350. The van der Waals surface area contributed by atoms with Crippen LogP contribution in [-0.2, 0) is 16.0 Å². The van der Waals surface area contributed by atoms with Crippen molar-refractivity contribution < 1.29 is 9.53 Å². The number of pyridine rings is 1. The number of nitrogens with zero attached hydrogens (tertiary/aromatic N) is 1. The van der Waals surface area contributed by atoms with Crippen LogP contribution in [-0.4, -0.2) is 17.6 Å². The highest BCUT2D eigenvalue weighted by Gasteiger charge is 2.20. The standard InChI is InChI=1S/C30H31NO2/c1-7-33-28(32)17-27-25-15-21(5)22(6)16-26(25)29(23-11-8-18(2)9-12-23)31-30(27)24-13-10-19(3)20(4)14-24/h8-16H,7,17H2,1-6H3. The van der Waals surface area contributed by atoms with Crippen molar-refractivity contribution in [2.24, 2.45) is 0 Å². The van der Waals surface area contributed by atoms with Crippen molar-refractivity contribution in [2.75, 3.05) is 6.61 Å². The van der Waals surface area contributed by atoms with Gasteiger partial charge in [0.1, 0.15) is 0 Å². The maximum absolute atomic E-state index is 12.7. The van der Waals surface area contributed by atoms with E-state index in [9.17, 15) is 4.79 Å². The Morgan fingerprint density at radius 1 is 0.727 bits per heavy atom. The predicted molar refractivity (Wildman–Crippen MR) is 137 cm³/mol. The van der Waals surface area contributed by atoms with Gasteiger partial charge >= 0.3 is 5.97 Å². The van der Waals surface area contributed by atoms with Gasteiger partial charge in [-0.2, -0.15) is 0 Å². The minimum Gasteiger partial charge on any atom is -0.466 e. The molecule has 4 rings (SSSR count). The van der Waals surface area contributed by atoms with Gasteiger partial charge in [0, 0.05) is 16.5 Å². The molecule has 3 heteroatoms. The van der Waals surface area contributed by atoms with Gasteiger partial charge < -0.3 is 4.74 Å². The first kappa shape index (κ1) is 22.7. The molecule has 4 aromatic rings. The summed E-state index contributed by atoms with van der Waals surface area (Å²) < 4.78 is 5.34. The minimum atomic E-state index is -0.230. The zero-order valence-corrected chi connectivity index (χ0v) is 20.4. The van der Waals surface area contributed by atoms with E-state index in [2.05, 4.69) is 89.2 Å². The molecule has 3 aromatic carbocycles. The van der Waals surface area contributed by atoms with Gasteiger partial charge in [-0.15, -0.1) is 0 Å². The minimum absolute atomic E-state index is 0.191. The molecule has 0 saturated heterocycles. The lowest BCUT2D eigenvalue weighted by molar-refractivity contribution is -0.142. The SMILES string of the molecule is CCOC(=O)Cc1c(-c2ccc(C)c(C)c2)nc(-c2ccc(C)cc2)c2cc(C)c(C)cc12. The fraction of sp³-hybridized carbons (Fsp3) is 0.267. The highest BCUT2D eigenvalue weighted by atomic mass is 16.5. The van der Waals surface area contributed by atoms with Crippen LogP contribution in [0, 0.1) is 34.6 Å². The van der Waals surface area contributed by atoms with E-state index in [4.69, 9.17) is 9.72 Å². The quantitative estimate of drug-likeness (QED) is 0.310. The summed E-state index contributed by atoms with van der Waals surface area (Å²) in [5, 5.41) is 2.12. The molecule has 0 spiro atoms. The summed E-state index contributed by atoms with van der Waals surface area (Å²) >= 11 is 0. The number of carbonyl (C=O) groups is 1. The number of hydrogen-bond acceptors (Lipinski definition) is 3. The number of hydrogen-bond donors (Lipinski definition) is 0. The molecule has 0 unspecified atom stereocenters. The molecule has 0 saturated carbocycles. The van der Waals surface area contributed by atoms with Crippen molar-refractivity contribution in [2.45, 2.75) is 48.0 Å². The molecule has 0 fully saturated rings. The lowest BCUT2D eigenvalue weighted by Gasteiger charge is -2.18. The summed E-state index contributed by atoms with van der Waals surface area (Å²) in [4.78, 5) is 17.9. The summed E-state index contributed by atoms with van der Waals surface area (Å²) in [7, 11) is 0. The first-order valence-electron chi connectivity index (χ1n) is 11.5. The number of benzene rings is 3. The van der Waals surface area contributed by atoms with Gasteiger partial charge in [-0.3, -0.25) is 4.79 Å². The Labute approximate surface area is 196 Å². The molecule has 0 aliphatic heterocycles. The molecular weight excluding hydrogens is 406 g/mol. The largest absolute Gasteiger partial charge is 0.466 e. The first-order valence-corrected chi connectivity index (χ1v) is 11.5. The van der Waals surface area contributed by atoms with Crippen LogP contribution < -0.4 is 0 Å². The van der Waals surface area contributed by atoms with Crippen LogP contribution in [0.1, 0.15) is 40.3 Å². The molecule has 33 heavy (non-hydrogen) atoms. The number of fused-ring (bicyclic) bond motifs is 1. The van der Waals surface area contributed by atoms with E-state index >= 15 is 0 Å². The van der Waals surface area contributed by atoms with E-state index in [1.165, 1.54) is 27.8 Å². The number of ether oxygens (including phenoxy) is 1. The van der Waals surface area contributed by atoms with Crippen molar-refractivity contribution in [1.82, 2.24) is 4.98 Å². The van der Waals surface area contributed by atoms with Gasteiger partial charge in [0.25, 0.3) is 0 Å². The second-order valence-corrected chi connectivity index (χ2v) is 8.92.